The van der Waals surface area contributed by atoms with Crippen LogP contribution in [0.15, 0.2) is 15.3 Å². The van der Waals surface area contributed by atoms with Gasteiger partial charge >= 0.3 is 12.2 Å². The molecule has 16 heavy (non-hydrogen) atoms. The molecule has 0 aromatic heterocycles. The summed E-state index contributed by atoms with van der Waals surface area (Å²) in [6, 6.07) is 0. The highest BCUT2D eigenvalue weighted by Crippen LogP contribution is 1.97. The summed E-state index contributed by atoms with van der Waals surface area (Å²) in [4.78, 5) is 21.8. The van der Waals surface area contributed by atoms with Crippen molar-refractivity contribution < 1.29 is 19.1 Å². The van der Waals surface area contributed by atoms with Gasteiger partial charge in [-0.3, -0.25) is 0 Å². The fourth-order valence-electron chi connectivity index (χ4n) is 0.668. The van der Waals surface area contributed by atoms with Crippen molar-refractivity contribution in [3.05, 3.63) is 0 Å². The third-order valence-corrected chi connectivity index (χ3v) is 1.20. The number of carbonyl (C=O) groups is 2. The summed E-state index contributed by atoms with van der Waals surface area (Å²) in [5.41, 5.74) is 6.53. The first kappa shape index (κ1) is 14.1. The molecule has 0 saturated carbocycles. The molecule has 1 atom stereocenters. The lowest BCUT2D eigenvalue weighted by Gasteiger charge is -2.06. The van der Waals surface area contributed by atoms with Crippen LogP contribution in [0.25, 0.3) is 0 Å². The van der Waals surface area contributed by atoms with Gasteiger partial charge in [-0.15, -0.1) is 0 Å². The first-order chi connectivity index (χ1) is 7.45. The van der Waals surface area contributed by atoms with Crippen molar-refractivity contribution >= 4 is 12.2 Å². The minimum Gasteiger partial charge on any atom is -0.444 e. The predicted octanol–water partition coefficient (Wildman–Crippen LogP) is 2.54. The highest BCUT2D eigenvalue weighted by molar-refractivity contribution is 5.73. The van der Waals surface area contributed by atoms with Crippen molar-refractivity contribution in [2.45, 2.75) is 33.0 Å². The van der Waals surface area contributed by atoms with Gasteiger partial charge in [0.25, 0.3) is 0 Å². The number of hydrogen-bond acceptors (Lipinski definition) is 6. The quantitative estimate of drug-likeness (QED) is 0.747. The van der Waals surface area contributed by atoms with Gasteiger partial charge in [-0.2, -0.15) is 5.11 Å². The van der Waals surface area contributed by atoms with E-state index in [-0.39, 0.29) is 12.6 Å². The fraction of sp³-hybridized carbons (Fsp3) is 0.750. The topological polar surface area (TPSA) is 114 Å². The summed E-state index contributed by atoms with van der Waals surface area (Å²) < 4.78 is 9.22. The molecule has 0 bridgehead atoms. The second-order valence-electron chi connectivity index (χ2n) is 3.17. The van der Waals surface area contributed by atoms with E-state index in [1.807, 2.05) is 0 Å². The van der Waals surface area contributed by atoms with E-state index in [1.54, 1.807) is 13.8 Å². The molecule has 1 N–H and O–H groups in total. The van der Waals surface area contributed by atoms with Crippen molar-refractivity contribution in [2.75, 3.05) is 6.54 Å². The van der Waals surface area contributed by atoms with Crippen LogP contribution < -0.4 is 0 Å². The number of amides is 2. The van der Waals surface area contributed by atoms with Crippen LogP contribution in [0.1, 0.15) is 20.8 Å². The maximum Gasteiger partial charge on any atom is 0.452 e. The minimum absolute atomic E-state index is 0.0394. The summed E-state index contributed by atoms with van der Waals surface area (Å²) in [7, 11) is 0. The third kappa shape index (κ3) is 7.54. The van der Waals surface area contributed by atoms with Crippen LogP contribution in [0.5, 0.6) is 0 Å². The molecule has 0 spiro atoms. The van der Waals surface area contributed by atoms with Crippen LogP contribution in [0.2, 0.25) is 0 Å². The third-order valence-electron chi connectivity index (χ3n) is 1.20. The van der Waals surface area contributed by atoms with Gasteiger partial charge in [0, 0.05) is 0 Å². The predicted molar refractivity (Wildman–Crippen MR) is 52.4 cm³/mol. The van der Waals surface area contributed by atoms with E-state index in [9.17, 15) is 9.59 Å². The second kappa shape index (κ2) is 7.43. The molecule has 1 unspecified atom stereocenters. The number of rotatable bonds is 4. The van der Waals surface area contributed by atoms with E-state index in [0.29, 0.717) is 0 Å². The normalized spacial score (nSPS) is 12.5. The Hall–Kier alpha value is -1.86. The molecular formula is C8H14N4O4. The van der Waals surface area contributed by atoms with E-state index in [1.165, 1.54) is 6.92 Å². The standard InChI is InChI=1S/C8H14N4O4/c1-5(2)15-7(13)11-12-8(14)16-6(3)4-10-9/h5-6,9H,4H2,1-3H3. The van der Waals surface area contributed by atoms with Crippen LogP contribution >= 0.6 is 0 Å². The Bertz CT molecular complexity index is 290. The van der Waals surface area contributed by atoms with Crippen LogP contribution in [-0.4, -0.2) is 30.9 Å². The van der Waals surface area contributed by atoms with Gasteiger partial charge in [0.15, 0.2) is 0 Å². The second-order valence-corrected chi connectivity index (χ2v) is 3.17. The number of nitrogens with one attached hydrogen (secondary N) is 1. The average molecular weight is 230 g/mol. The Labute approximate surface area is 92.5 Å². The molecule has 0 aliphatic carbocycles. The molecule has 8 nitrogen and oxygen atoms in total. The molecule has 2 amide bonds. The van der Waals surface area contributed by atoms with Gasteiger partial charge in [-0.25, -0.2) is 15.1 Å². The molecule has 0 fully saturated rings. The molecule has 0 aromatic rings. The highest BCUT2D eigenvalue weighted by atomic mass is 16.6. The number of carbonyl (C=O) groups excluding carboxylic acids is 2. The van der Waals surface area contributed by atoms with Gasteiger partial charge < -0.3 is 9.47 Å². The molecule has 0 aliphatic heterocycles. The summed E-state index contributed by atoms with van der Waals surface area (Å²) in [6.45, 7) is 4.86. The van der Waals surface area contributed by atoms with E-state index >= 15 is 0 Å². The zero-order valence-electron chi connectivity index (χ0n) is 9.34. The average Bonchev–Trinajstić information content (AvgIpc) is 2.14. The Morgan fingerprint density at radius 3 is 2.06 bits per heavy atom. The molecule has 0 heterocycles. The minimum atomic E-state index is -1.02. The van der Waals surface area contributed by atoms with Gasteiger partial charge in [-0.1, -0.05) is 10.2 Å². The highest BCUT2D eigenvalue weighted by Gasteiger charge is 2.09. The summed E-state index contributed by atoms with van der Waals surface area (Å²) in [5.74, 6) is 0. The Morgan fingerprint density at radius 1 is 1.12 bits per heavy atom. The van der Waals surface area contributed by atoms with Crippen molar-refractivity contribution in [3.63, 3.8) is 0 Å². The Kier molecular flexibility index (Phi) is 6.57. The van der Waals surface area contributed by atoms with E-state index in [2.05, 4.69) is 24.8 Å². The molecular weight excluding hydrogens is 216 g/mol. The molecule has 0 radical (unpaired) electrons. The van der Waals surface area contributed by atoms with Crippen LogP contribution in [0.4, 0.5) is 9.59 Å². The Balaban J connectivity index is 3.99. The fourth-order valence-corrected chi connectivity index (χ4v) is 0.668. The maximum atomic E-state index is 10.9. The number of hydrogen-bond donors (Lipinski definition) is 1. The molecule has 90 valence electrons. The largest absolute Gasteiger partial charge is 0.452 e. The lowest BCUT2D eigenvalue weighted by molar-refractivity contribution is 0.112. The molecule has 0 aromatic carbocycles. The van der Waals surface area contributed by atoms with E-state index < -0.39 is 18.3 Å². The van der Waals surface area contributed by atoms with Crippen molar-refractivity contribution in [1.82, 2.24) is 0 Å². The SMILES string of the molecule is CC(C)OC(=O)N=NC(=O)OC(C)CN=N. The lowest BCUT2D eigenvalue weighted by Crippen LogP contribution is -2.15. The van der Waals surface area contributed by atoms with Crippen LogP contribution in [0.3, 0.4) is 0 Å². The van der Waals surface area contributed by atoms with E-state index in [0.717, 1.165) is 0 Å². The Morgan fingerprint density at radius 2 is 1.62 bits per heavy atom. The van der Waals surface area contributed by atoms with Crippen molar-refractivity contribution in [3.8, 4) is 0 Å². The lowest BCUT2D eigenvalue weighted by atomic mass is 10.4. The maximum absolute atomic E-state index is 10.9. The summed E-state index contributed by atoms with van der Waals surface area (Å²) in [5, 5.41) is 9.01. The summed E-state index contributed by atoms with van der Waals surface area (Å²) in [6.07, 6.45) is -2.88. The first-order valence-corrected chi connectivity index (χ1v) is 4.62. The zero-order chi connectivity index (χ0) is 12.6. The monoisotopic (exact) mass is 230 g/mol. The van der Waals surface area contributed by atoms with Gasteiger partial charge in [0.2, 0.25) is 0 Å². The first-order valence-electron chi connectivity index (χ1n) is 4.62. The van der Waals surface area contributed by atoms with Gasteiger partial charge in [-0.05, 0) is 20.8 Å². The molecule has 8 heteroatoms. The smallest absolute Gasteiger partial charge is 0.444 e. The van der Waals surface area contributed by atoms with Crippen molar-refractivity contribution in [1.29, 1.82) is 5.53 Å². The number of ether oxygens (including phenoxy) is 2. The van der Waals surface area contributed by atoms with Crippen molar-refractivity contribution in [2.24, 2.45) is 15.3 Å². The van der Waals surface area contributed by atoms with Crippen LogP contribution in [-0.2, 0) is 9.47 Å². The number of nitrogens with zero attached hydrogens (tertiary/aromatic N) is 3. The summed E-state index contributed by atoms with van der Waals surface area (Å²) >= 11 is 0. The number of azo groups is 1. The van der Waals surface area contributed by atoms with Gasteiger partial charge in [0.1, 0.15) is 6.10 Å². The molecule has 0 aliphatic rings. The zero-order valence-corrected chi connectivity index (χ0v) is 9.34. The van der Waals surface area contributed by atoms with Crippen LogP contribution in [0, 0.1) is 5.53 Å². The van der Waals surface area contributed by atoms with Gasteiger partial charge in [0.05, 0.1) is 12.6 Å². The van der Waals surface area contributed by atoms with E-state index in [4.69, 9.17) is 5.53 Å². The molecule has 0 saturated heterocycles. The molecule has 0 rings (SSSR count).